The number of hydrogen-bond acceptors (Lipinski definition) is 3. The molecular weight excluding hydrogens is 224 g/mol. The van der Waals surface area contributed by atoms with Gasteiger partial charge in [-0.3, -0.25) is 4.98 Å². The minimum absolute atomic E-state index is 0.797. The molecule has 0 aliphatic rings. The first-order valence-corrected chi connectivity index (χ1v) is 5.73. The van der Waals surface area contributed by atoms with Gasteiger partial charge >= 0.3 is 0 Å². The minimum atomic E-state index is 0.797. The molecule has 18 heavy (non-hydrogen) atoms. The van der Waals surface area contributed by atoms with Crippen LogP contribution in [-0.4, -0.2) is 19.7 Å². The SMILES string of the molecule is Cc1cnn(-c2cccc(-c3ccccn3)n2)c1. The Balaban J connectivity index is 2.05. The van der Waals surface area contributed by atoms with Gasteiger partial charge in [-0.1, -0.05) is 12.1 Å². The first-order valence-electron chi connectivity index (χ1n) is 5.73. The van der Waals surface area contributed by atoms with Gasteiger partial charge in [0.15, 0.2) is 5.82 Å². The Morgan fingerprint density at radius 3 is 2.61 bits per heavy atom. The number of aromatic nitrogens is 4. The van der Waals surface area contributed by atoms with Crippen LogP contribution in [0.5, 0.6) is 0 Å². The predicted molar refractivity (Wildman–Crippen MR) is 69.3 cm³/mol. The molecule has 3 heterocycles. The van der Waals surface area contributed by atoms with E-state index in [1.807, 2.05) is 55.7 Å². The zero-order valence-electron chi connectivity index (χ0n) is 9.99. The maximum atomic E-state index is 4.56. The maximum Gasteiger partial charge on any atom is 0.154 e. The van der Waals surface area contributed by atoms with Crippen LogP contribution >= 0.6 is 0 Å². The minimum Gasteiger partial charge on any atom is -0.255 e. The molecule has 0 saturated carbocycles. The number of rotatable bonds is 2. The summed E-state index contributed by atoms with van der Waals surface area (Å²) in [7, 11) is 0. The number of nitrogens with zero attached hydrogens (tertiary/aromatic N) is 4. The van der Waals surface area contributed by atoms with Crippen LogP contribution < -0.4 is 0 Å². The molecule has 0 saturated heterocycles. The molecule has 0 radical (unpaired) electrons. The summed E-state index contributed by atoms with van der Waals surface area (Å²) in [5.74, 6) is 0.797. The lowest BCUT2D eigenvalue weighted by Crippen LogP contribution is -1.99. The molecule has 0 spiro atoms. The summed E-state index contributed by atoms with van der Waals surface area (Å²) in [6.45, 7) is 2.01. The normalized spacial score (nSPS) is 10.5. The van der Waals surface area contributed by atoms with Crippen LogP contribution in [0.1, 0.15) is 5.56 Å². The van der Waals surface area contributed by atoms with Crippen molar-refractivity contribution in [2.75, 3.05) is 0 Å². The molecule has 4 heteroatoms. The van der Waals surface area contributed by atoms with E-state index in [4.69, 9.17) is 0 Å². The van der Waals surface area contributed by atoms with Crippen molar-refractivity contribution in [1.29, 1.82) is 0 Å². The fourth-order valence-electron chi connectivity index (χ4n) is 1.75. The third-order valence-corrected chi connectivity index (χ3v) is 2.61. The number of pyridine rings is 2. The maximum absolute atomic E-state index is 4.56. The zero-order chi connectivity index (χ0) is 12.4. The molecule has 0 aliphatic heterocycles. The Bertz CT molecular complexity index is 658. The molecule has 3 aromatic heterocycles. The van der Waals surface area contributed by atoms with E-state index in [9.17, 15) is 0 Å². The highest BCUT2D eigenvalue weighted by atomic mass is 15.3. The van der Waals surface area contributed by atoms with E-state index in [0.29, 0.717) is 0 Å². The predicted octanol–water partition coefficient (Wildman–Crippen LogP) is 2.64. The second kappa shape index (κ2) is 4.41. The molecule has 0 atom stereocenters. The summed E-state index contributed by atoms with van der Waals surface area (Å²) in [5.41, 5.74) is 2.82. The van der Waals surface area contributed by atoms with Crippen molar-refractivity contribution in [3.8, 4) is 17.2 Å². The van der Waals surface area contributed by atoms with E-state index in [0.717, 1.165) is 22.8 Å². The van der Waals surface area contributed by atoms with Crippen molar-refractivity contribution in [3.63, 3.8) is 0 Å². The molecule has 3 aromatic rings. The van der Waals surface area contributed by atoms with Crippen molar-refractivity contribution in [1.82, 2.24) is 19.7 Å². The molecule has 0 fully saturated rings. The first kappa shape index (κ1) is 10.7. The average Bonchev–Trinajstić information content (AvgIpc) is 2.87. The zero-order valence-corrected chi connectivity index (χ0v) is 9.99. The molecule has 0 unspecified atom stereocenters. The van der Waals surface area contributed by atoms with Gasteiger partial charge in [0, 0.05) is 12.4 Å². The van der Waals surface area contributed by atoms with Crippen molar-refractivity contribution in [2.24, 2.45) is 0 Å². The highest BCUT2D eigenvalue weighted by Gasteiger charge is 2.03. The van der Waals surface area contributed by atoms with Gasteiger partial charge in [-0.15, -0.1) is 0 Å². The van der Waals surface area contributed by atoms with Crippen LogP contribution in [0.15, 0.2) is 55.0 Å². The third-order valence-electron chi connectivity index (χ3n) is 2.61. The lowest BCUT2D eigenvalue weighted by molar-refractivity contribution is 0.847. The quantitative estimate of drug-likeness (QED) is 0.687. The lowest BCUT2D eigenvalue weighted by Gasteiger charge is -2.03. The molecule has 0 aliphatic carbocycles. The first-order chi connectivity index (χ1) is 8.83. The fraction of sp³-hybridized carbons (Fsp3) is 0.0714. The van der Waals surface area contributed by atoms with Crippen molar-refractivity contribution < 1.29 is 0 Å². The molecule has 0 bridgehead atoms. The molecule has 0 amide bonds. The summed E-state index contributed by atoms with van der Waals surface area (Å²) < 4.78 is 1.77. The highest BCUT2D eigenvalue weighted by Crippen LogP contribution is 2.15. The smallest absolute Gasteiger partial charge is 0.154 e. The second-order valence-corrected chi connectivity index (χ2v) is 4.06. The number of aryl methyl sites for hydroxylation is 1. The largest absolute Gasteiger partial charge is 0.255 e. The summed E-state index contributed by atoms with van der Waals surface area (Å²) in [6, 6.07) is 11.6. The molecule has 88 valence electrons. The van der Waals surface area contributed by atoms with E-state index in [1.54, 1.807) is 10.9 Å². The van der Waals surface area contributed by atoms with Gasteiger partial charge in [0.05, 0.1) is 17.6 Å². The monoisotopic (exact) mass is 236 g/mol. The van der Waals surface area contributed by atoms with E-state index < -0.39 is 0 Å². The van der Waals surface area contributed by atoms with Crippen molar-refractivity contribution in [3.05, 3.63) is 60.6 Å². The average molecular weight is 236 g/mol. The summed E-state index contributed by atoms with van der Waals surface area (Å²) in [6.07, 6.45) is 5.53. The second-order valence-electron chi connectivity index (χ2n) is 4.06. The van der Waals surface area contributed by atoms with Gasteiger partial charge in [-0.25, -0.2) is 9.67 Å². The van der Waals surface area contributed by atoms with Crippen LogP contribution in [0.2, 0.25) is 0 Å². The van der Waals surface area contributed by atoms with E-state index >= 15 is 0 Å². The molecule has 4 nitrogen and oxygen atoms in total. The summed E-state index contributed by atoms with van der Waals surface area (Å²) in [4.78, 5) is 8.86. The molecule has 0 aromatic carbocycles. The Hall–Kier alpha value is -2.49. The van der Waals surface area contributed by atoms with E-state index in [-0.39, 0.29) is 0 Å². The van der Waals surface area contributed by atoms with Crippen LogP contribution in [0.3, 0.4) is 0 Å². The van der Waals surface area contributed by atoms with Gasteiger partial charge in [-0.2, -0.15) is 5.10 Å². The molecule has 3 rings (SSSR count). The van der Waals surface area contributed by atoms with Crippen molar-refractivity contribution in [2.45, 2.75) is 6.92 Å². The van der Waals surface area contributed by atoms with Crippen molar-refractivity contribution >= 4 is 0 Å². The lowest BCUT2D eigenvalue weighted by atomic mass is 10.2. The molecule has 0 N–H and O–H groups in total. The van der Waals surface area contributed by atoms with Gasteiger partial charge < -0.3 is 0 Å². The topological polar surface area (TPSA) is 43.6 Å². The van der Waals surface area contributed by atoms with Crippen LogP contribution in [0.25, 0.3) is 17.2 Å². The third kappa shape index (κ3) is 2.00. The molecular formula is C14H12N4. The highest BCUT2D eigenvalue weighted by molar-refractivity contribution is 5.54. The Morgan fingerprint density at radius 2 is 1.89 bits per heavy atom. The summed E-state index contributed by atoms with van der Waals surface area (Å²) in [5, 5.41) is 4.25. The fourth-order valence-corrected chi connectivity index (χ4v) is 1.75. The number of hydrogen-bond donors (Lipinski definition) is 0. The van der Waals surface area contributed by atoms with Gasteiger partial charge in [-0.05, 0) is 36.8 Å². The van der Waals surface area contributed by atoms with E-state index in [2.05, 4.69) is 15.1 Å². The van der Waals surface area contributed by atoms with Gasteiger partial charge in [0.25, 0.3) is 0 Å². The summed E-state index contributed by atoms with van der Waals surface area (Å²) >= 11 is 0. The van der Waals surface area contributed by atoms with Crippen LogP contribution in [0.4, 0.5) is 0 Å². The van der Waals surface area contributed by atoms with Gasteiger partial charge in [0.2, 0.25) is 0 Å². The van der Waals surface area contributed by atoms with Crippen LogP contribution in [0, 0.1) is 6.92 Å². The standard InChI is InChI=1S/C14H12N4/c1-11-9-16-18(10-11)14-7-4-6-13(17-14)12-5-2-3-8-15-12/h2-10H,1H3. The Morgan fingerprint density at radius 1 is 1.00 bits per heavy atom. The van der Waals surface area contributed by atoms with Gasteiger partial charge in [0.1, 0.15) is 0 Å². The van der Waals surface area contributed by atoms with Crippen LogP contribution in [-0.2, 0) is 0 Å². The Kier molecular flexibility index (Phi) is 2.61. The Labute approximate surface area is 105 Å². The van der Waals surface area contributed by atoms with E-state index in [1.165, 1.54) is 0 Å².